The molecule has 1 unspecified atom stereocenters. The van der Waals surface area contributed by atoms with Crippen LogP contribution in [0.3, 0.4) is 0 Å². The molecule has 1 aliphatic heterocycles. The molecule has 1 aliphatic rings. The average Bonchev–Trinajstić information content (AvgIpc) is 3.06. The Hall–Kier alpha value is -2.34. The van der Waals surface area contributed by atoms with E-state index in [1.54, 1.807) is 0 Å². The van der Waals surface area contributed by atoms with Crippen LogP contribution in [-0.2, 0) is 6.54 Å². The van der Waals surface area contributed by atoms with Crippen LogP contribution in [0, 0.1) is 19.8 Å². The molecule has 0 amide bonds. The molecule has 3 rings (SSSR count). The van der Waals surface area contributed by atoms with E-state index in [0.717, 1.165) is 29.6 Å². The molecular weight excluding hydrogens is 360 g/mol. The number of aryl methyl sites for hydroxylation is 2. The van der Waals surface area contributed by atoms with Crippen molar-refractivity contribution >= 4 is 5.96 Å². The number of hydrogen-bond donors (Lipinski definition) is 2. The van der Waals surface area contributed by atoms with Gasteiger partial charge in [-0.25, -0.2) is 4.68 Å². The summed E-state index contributed by atoms with van der Waals surface area (Å²) in [5.74, 6) is 1.53. The lowest BCUT2D eigenvalue weighted by molar-refractivity contribution is 0.141. The third kappa shape index (κ3) is 5.60. The van der Waals surface area contributed by atoms with Gasteiger partial charge in [0.1, 0.15) is 0 Å². The highest BCUT2D eigenvalue weighted by Gasteiger charge is 2.21. The first-order chi connectivity index (χ1) is 14.0. The van der Waals surface area contributed by atoms with E-state index in [-0.39, 0.29) is 0 Å². The van der Waals surface area contributed by atoms with Crippen molar-refractivity contribution in [2.45, 2.75) is 53.1 Å². The molecule has 0 radical (unpaired) electrons. The van der Waals surface area contributed by atoms with Crippen LogP contribution in [-0.4, -0.2) is 53.4 Å². The minimum atomic E-state index is 0.626. The van der Waals surface area contributed by atoms with Gasteiger partial charge < -0.3 is 15.5 Å². The van der Waals surface area contributed by atoms with Crippen molar-refractivity contribution in [1.29, 1.82) is 0 Å². The lowest BCUT2D eigenvalue weighted by Gasteiger charge is -2.35. The zero-order valence-electron chi connectivity index (χ0n) is 18.6. The van der Waals surface area contributed by atoms with Gasteiger partial charge in [0.2, 0.25) is 0 Å². The minimum Gasteiger partial charge on any atom is -0.356 e. The fourth-order valence-corrected chi connectivity index (χ4v) is 4.11. The van der Waals surface area contributed by atoms with Crippen molar-refractivity contribution in [2.24, 2.45) is 10.9 Å². The second kappa shape index (κ2) is 9.92. The predicted molar refractivity (Wildman–Crippen MR) is 121 cm³/mol. The SMILES string of the molecule is CN=C(NCc1ccccc1-n1nc(C)cc1C)NCC1CCCN(C(C)C)C1. The average molecular weight is 397 g/mol. The van der Waals surface area contributed by atoms with Crippen molar-refractivity contribution in [3.8, 4) is 5.69 Å². The Bertz CT molecular complexity index is 823. The van der Waals surface area contributed by atoms with Gasteiger partial charge in [0, 0.05) is 38.4 Å². The molecule has 2 N–H and O–H groups in total. The lowest BCUT2D eigenvalue weighted by Crippen LogP contribution is -2.46. The van der Waals surface area contributed by atoms with Gasteiger partial charge in [0.15, 0.2) is 5.96 Å². The second-order valence-electron chi connectivity index (χ2n) is 8.37. The molecule has 0 bridgehead atoms. The summed E-state index contributed by atoms with van der Waals surface area (Å²) in [6, 6.07) is 11.1. The van der Waals surface area contributed by atoms with Crippen LogP contribution in [0.25, 0.3) is 5.69 Å². The van der Waals surface area contributed by atoms with Gasteiger partial charge >= 0.3 is 0 Å². The summed E-state index contributed by atoms with van der Waals surface area (Å²) in [7, 11) is 1.84. The Kier molecular flexibility index (Phi) is 7.31. The molecule has 1 saturated heterocycles. The molecule has 1 fully saturated rings. The first-order valence-corrected chi connectivity index (χ1v) is 10.8. The molecule has 0 spiro atoms. The van der Waals surface area contributed by atoms with Gasteiger partial charge in [0.05, 0.1) is 11.4 Å². The first-order valence-electron chi connectivity index (χ1n) is 10.8. The number of nitrogens with one attached hydrogen (secondary N) is 2. The van der Waals surface area contributed by atoms with Gasteiger partial charge in [-0.1, -0.05) is 18.2 Å². The van der Waals surface area contributed by atoms with E-state index in [1.165, 1.54) is 31.5 Å². The summed E-state index contributed by atoms with van der Waals surface area (Å²) in [6.07, 6.45) is 2.57. The van der Waals surface area contributed by atoms with Crippen molar-refractivity contribution in [3.05, 3.63) is 47.3 Å². The number of hydrogen-bond acceptors (Lipinski definition) is 3. The first kappa shape index (κ1) is 21.4. The van der Waals surface area contributed by atoms with Crippen LogP contribution in [0.4, 0.5) is 0 Å². The molecule has 29 heavy (non-hydrogen) atoms. The number of likely N-dealkylation sites (tertiary alicyclic amines) is 1. The summed E-state index contributed by atoms with van der Waals surface area (Å²) in [4.78, 5) is 7.00. The van der Waals surface area contributed by atoms with Gasteiger partial charge in [-0.15, -0.1) is 0 Å². The third-order valence-electron chi connectivity index (χ3n) is 5.74. The highest BCUT2D eigenvalue weighted by molar-refractivity contribution is 5.79. The Morgan fingerprint density at radius 2 is 2.03 bits per heavy atom. The van der Waals surface area contributed by atoms with Crippen molar-refractivity contribution in [1.82, 2.24) is 25.3 Å². The Balaban J connectivity index is 1.58. The van der Waals surface area contributed by atoms with E-state index >= 15 is 0 Å². The summed E-state index contributed by atoms with van der Waals surface area (Å²) < 4.78 is 2.02. The Morgan fingerprint density at radius 3 is 2.72 bits per heavy atom. The summed E-state index contributed by atoms with van der Waals surface area (Å²) in [5.41, 5.74) is 4.49. The normalized spacial score (nSPS) is 18.3. The smallest absolute Gasteiger partial charge is 0.191 e. The molecule has 2 aromatic rings. The second-order valence-corrected chi connectivity index (χ2v) is 8.37. The lowest BCUT2D eigenvalue weighted by atomic mass is 9.97. The summed E-state index contributed by atoms with van der Waals surface area (Å²) in [5, 5.41) is 11.7. The van der Waals surface area contributed by atoms with E-state index in [2.05, 4.69) is 76.7 Å². The number of aromatic nitrogens is 2. The molecule has 158 valence electrons. The van der Waals surface area contributed by atoms with Crippen LogP contribution in [0.1, 0.15) is 43.6 Å². The maximum atomic E-state index is 4.65. The maximum absolute atomic E-state index is 4.65. The molecule has 1 atom stereocenters. The number of benzene rings is 1. The number of para-hydroxylation sites is 1. The molecule has 6 heteroatoms. The van der Waals surface area contributed by atoms with Gasteiger partial charge in [-0.3, -0.25) is 4.99 Å². The Morgan fingerprint density at radius 1 is 1.24 bits per heavy atom. The zero-order chi connectivity index (χ0) is 20.8. The van der Waals surface area contributed by atoms with Gasteiger partial charge in [0.25, 0.3) is 0 Å². The number of guanidine groups is 1. The molecule has 2 heterocycles. The van der Waals surface area contributed by atoms with E-state index in [1.807, 2.05) is 18.7 Å². The van der Waals surface area contributed by atoms with Gasteiger partial charge in [-0.05, 0) is 70.7 Å². The summed E-state index contributed by atoms with van der Waals surface area (Å²) >= 11 is 0. The topological polar surface area (TPSA) is 57.5 Å². The van der Waals surface area contributed by atoms with Crippen LogP contribution in [0.15, 0.2) is 35.3 Å². The molecule has 1 aromatic heterocycles. The van der Waals surface area contributed by atoms with Gasteiger partial charge in [-0.2, -0.15) is 5.10 Å². The number of piperidine rings is 1. The number of aliphatic imine (C=N–C) groups is 1. The zero-order valence-corrected chi connectivity index (χ0v) is 18.6. The van der Waals surface area contributed by atoms with Crippen LogP contribution < -0.4 is 10.6 Å². The summed E-state index contributed by atoms with van der Waals surface area (Å²) in [6.45, 7) is 12.8. The fourth-order valence-electron chi connectivity index (χ4n) is 4.11. The monoisotopic (exact) mass is 396 g/mol. The van der Waals surface area contributed by atoms with Crippen molar-refractivity contribution < 1.29 is 0 Å². The standard InChI is InChI=1S/C23H36N6/c1-17(2)28-12-8-9-20(16-28)14-25-23(24-5)26-15-21-10-6-7-11-22(21)29-19(4)13-18(3)27-29/h6-7,10-11,13,17,20H,8-9,12,14-16H2,1-5H3,(H2,24,25,26). The molecule has 0 saturated carbocycles. The number of rotatable bonds is 6. The highest BCUT2D eigenvalue weighted by atomic mass is 15.3. The van der Waals surface area contributed by atoms with E-state index in [4.69, 9.17) is 0 Å². The molecular formula is C23H36N6. The molecule has 1 aromatic carbocycles. The Labute approximate surface area is 175 Å². The van der Waals surface area contributed by atoms with E-state index in [0.29, 0.717) is 18.5 Å². The van der Waals surface area contributed by atoms with Crippen LogP contribution in [0.2, 0.25) is 0 Å². The minimum absolute atomic E-state index is 0.626. The fraction of sp³-hybridized carbons (Fsp3) is 0.565. The number of nitrogens with zero attached hydrogens (tertiary/aromatic N) is 4. The van der Waals surface area contributed by atoms with E-state index in [9.17, 15) is 0 Å². The molecule has 6 nitrogen and oxygen atoms in total. The molecule has 0 aliphatic carbocycles. The van der Waals surface area contributed by atoms with Crippen LogP contribution >= 0.6 is 0 Å². The van der Waals surface area contributed by atoms with E-state index < -0.39 is 0 Å². The maximum Gasteiger partial charge on any atom is 0.191 e. The third-order valence-corrected chi connectivity index (χ3v) is 5.74. The predicted octanol–water partition coefficient (Wildman–Crippen LogP) is 3.27. The highest BCUT2D eigenvalue weighted by Crippen LogP contribution is 2.18. The van der Waals surface area contributed by atoms with Crippen molar-refractivity contribution in [2.75, 3.05) is 26.7 Å². The largest absolute Gasteiger partial charge is 0.356 e. The van der Waals surface area contributed by atoms with Crippen LogP contribution in [0.5, 0.6) is 0 Å². The quantitative estimate of drug-likeness (QED) is 0.581. The van der Waals surface area contributed by atoms with Crippen molar-refractivity contribution in [3.63, 3.8) is 0 Å².